The molecule has 9 heteroatoms. The van der Waals surface area contributed by atoms with Gasteiger partial charge in [0, 0.05) is 57.1 Å². The van der Waals surface area contributed by atoms with Crippen molar-refractivity contribution in [1.29, 1.82) is 0 Å². The molecule has 0 spiro atoms. The molecular weight excluding hydrogens is 458 g/mol. The van der Waals surface area contributed by atoms with Crippen molar-refractivity contribution >= 4 is 23.4 Å². The molecule has 1 aliphatic heterocycles. The molecule has 2 aromatic heterocycles. The van der Waals surface area contributed by atoms with Gasteiger partial charge in [0.05, 0.1) is 5.75 Å². The van der Waals surface area contributed by atoms with E-state index >= 15 is 0 Å². The van der Waals surface area contributed by atoms with Crippen molar-refractivity contribution in [1.82, 2.24) is 34.7 Å². The van der Waals surface area contributed by atoms with Gasteiger partial charge in [0.2, 0.25) is 11.1 Å². The monoisotopic (exact) mass is 495 g/mol. The Balaban J connectivity index is 1.28. The maximum absolute atomic E-state index is 12.4. The molecule has 1 saturated heterocycles. The molecule has 0 saturated carbocycles. The van der Waals surface area contributed by atoms with Crippen LogP contribution in [0.4, 0.5) is 0 Å². The first kappa shape index (κ1) is 25.6. The Hall–Kier alpha value is -2.49. The zero-order valence-electron chi connectivity index (χ0n) is 21.4. The normalized spacial score (nSPS) is 15.1. The fourth-order valence-electron chi connectivity index (χ4n) is 4.50. The van der Waals surface area contributed by atoms with Crippen molar-refractivity contribution in [3.8, 4) is 0 Å². The molecule has 1 aliphatic rings. The van der Waals surface area contributed by atoms with Crippen molar-refractivity contribution in [2.24, 2.45) is 0 Å². The third-order valence-electron chi connectivity index (χ3n) is 6.62. The first-order valence-corrected chi connectivity index (χ1v) is 13.5. The van der Waals surface area contributed by atoms with Crippen LogP contribution in [0, 0.1) is 20.8 Å². The summed E-state index contributed by atoms with van der Waals surface area (Å²) in [6.07, 6.45) is 2.01. The summed E-state index contributed by atoms with van der Waals surface area (Å²) in [4.78, 5) is 26.5. The van der Waals surface area contributed by atoms with Crippen LogP contribution in [0.5, 0.6) is 0 Å². The quantitative estimate of drug-likeness (QED) is 0.433. The minimum absolute atomic E-state index is 0.0133. The number of benzene rings is 1. The number of fused-ring (bicyclic) bond motifs is 1. The summed E-state index contributed by atoms with van der Waals surface area (Å²) in [7, 11) is 0. The summed E-state index contributed by atoms with van der Waals surface area (Å²) in [6.45, 7) is 15.6. The molecule has 4 rings (SSSR count). The van der Waals surface area contributed by atoms with Crippen LogP contribution in [0.3, 0.4) is 0 Å². The van der Waals surface area contributed by atoms with E-state index in [2.05, 4.69) is 75.2 Å². The molecule has 35 heavy (non-hydrogen) atoms. The molecule has 0 unspecified atom stereocenters. The molecule has 0 radical (unpaired) electrons. The van der Waals surface area contributed by atoms with Crippen LogP contribution in [-0.2, 0) is 11.2 Å². The Morgan fingerprint density at radius 1 is 1.00 bits per heavy atom. The van der Waals surface area contributed by atoms with Gasteiger partial charge in [-0.2, -0.15) is 4.98 Å². The van der Waals surface area contributed by atoms with Gasteiger partial charge in [-0.3, -0.25) is 9.69 Å². The average Bonchev–Trinajstić information content (AvgIpc) is 3.26. The highest BCUT2D eigenvalue weighted by molar-refractivity contribution is 7.99. The van der Waals surface area contributed by atoms with E-state index in [-0.39, 0.29) is 5.91 Å². The van der Waals surface area contributed by atoms with E-state index in [1.807, 2.05) is 6.92 Å². The van der Waals surface area contributed by atoms with Gasteiger partial charge in [-0.15, -0.1) is 5.10 Å². The molecule has 0 atom stereocenters. The first-order valence-electron chi connectivity index (χ1n) is 12.6. The van der Waals surface area contributed by atoms with Crippen LogP contribution in [-0.4, -0.2) is 86.9 Å². The fourth-order valence-corrected chi connectivity index (χ4v) is 5.15. The highest BCUT2D eigenvalue weighted by Crippen LogP contribution is 2.21. The van der Waals surface area contributed by atoms with Gasteiger partial charge in [-0.25, -0.2) is 9.50 Å². The Labute approximate surface area is 212 Å². The van der Waals surface area contributed by atoms with Crippen LogP contribution >= 0.6 is 11.8 Å². The molecule has 3 aromatic rings. The van der Waals surface area contributed by atoms with E-state index in [1.54, 1.807) is 4.52 Å². The maximum Gasteiger partial charge on any atom is 0.253 e. The predicted octanol–water partition coefficient (Wildman–Crippen LogP) is 2.88. The lowest BCUT2D eigenvalue weighted by atomic mass is 10.0. The van der Waals surface area contributed by atoms with Gasteiger partial charge in [-0.05, 0) is 44.9 Å². The van der Waals surface area contributed by atoms with Crippen LogP contribution in [0.15, 0.2) is 29.4 Å². The number of amides is 1. The van der Waals surface area contributed by atoms with Crippen LogP contribution in [0.25, 0.3) is 5.78 Å². The van der Waals surface area contributed by atoms with Crippen molar-refractivity contribution < 1.29 is 4.79 Å². The Morgan fingerprint density at radius 3 is 2.37 bits per heavy atom. The highest BCUT2D eigenvalue weighted by atomic mass is 32.2. The molecule has 188 valence electrons. The van der Waals surface area contributed by atoms with Crippen molar-refractivity contribution in [3.05, 3.63) is 52.3 Å². The lowest BCUT2D eigenvalue weighted by molar-refractivity contribution is -0.118. The van der Waals surface area contributed by atoms with Gasteiger partial charge >= 0.3 is 0 Å². The summed E-state index contributed by atoms with van der Waals surface area (Å²) < 4.78 is 1.80. The number of hydrogen-bond acceptors (Lipinski definition) is 7. The highest BCUT2D eigenvalue weighted by Gasteiger charge is 2.17. The largest absolute Gasteiger partial charge is 0.354 e. The van der Waals surface area contributed by atoms with Crippen LogP contribution in [0.1, 0.15) is 41.4 Å². The smallest absolute Gasteiger partial charge is 0.253 e. The summed E-state index contributed by atoms with van der Waals surface area (Å²) >= 11 is 1.36. The molecule has 1 amide bonds. The average molecular weight is 496 g/mol. The number of thioether (sulfide) groups is 1. The topological polar surface area (TPSA) is 78.7 Å². The second-order valence-electron chi connectivity index (χ2n) is 9.35. The SMILES string of the molecule is CCCN1CCN(CCNC(=O)CSc2nc3nc(C)c(Cc4ccc(C)cc4)c(C)n3n2)CC1. The predicted molar refractivity (Wildman–Crippen MR) is 141 cm³/mol. The molecule has 8 nitrogen and oxygen atoms in total. The van der Waals surface area contributed by atoms with Crippen LogP contribution < -0.4 is 5.32 Å². The summed E-state index contributed by atoms with van der Waals surface area (Å²) in [5.41, 5.74) is 5.67. The summed E-state index contributed by atoms with van der Waals surface area (Å²) in [6, 6.07) is 8.58. The standard InChI is InChI=1S/C26H37N7OS/c1-5-11-31-13-15-32(16-14-31)12-10-27-24(34)18-35-26-29-25-28-20(3)23(21(4)33(25)30-26)17-22-8-6-19(2)7-9-22/h6-9H,5,10-18H2,1-4H3,(H,27,34). The number of carbonyl (C=O) groups excluding carboxylic acids is 1. The van der Waals surface area contributed by atoms with Gasteiger partial charge in [0.15, 0.2) is 0 Å². The molecule has 1 aromatic carbocycles. The number of nitrogens with zero attached hydrogens (tertiary/aromatic N) is 6. The van der Waals surface area contributed by atoms with E-state index < -0.39 is 0 Å². The Bertz CT molecular complexity index is 1140. The van der Waals surface area contributed by atoms with E-state index in [1.165, 1.54) is 35.9 Å². The third kappa shape index (κ3) is 6.80. The lowest BCUT2D eigenvalue weighted by Gasteiger charge is -2.34. The van der Waals surface area contributed by atoms with Gasteiger partial charge < -0.3 is 10.2 Å². The van der Waals surface area contributed by atoms with E-state index in [0.29, 0.717) is 23.2 Å². The molecule has 0 aliphatic carbocycles. The maximum atomic E-state index is 12.4. The van der Waals surface area contributed by atoms with E-state index in [4.69, 9.17) is 0 Å². The van der Waals surface area contributed by atoms with Gasteiger partial charge in [-0.1, -0.05) is 48.5 Å². The minimum Gasteiger partial charge on any atom is -0.354 e. The van der Waals surface area contributed by atoms with Crippen molar-refractivity contribution in [2.45, 2.75) is 45.7 Å². The molecule has 1 fully saturated rings. The van der Waals surface area contributed by atoms with Crippen molar-refractivity contribution in [3.63, 3.8) is 0 Å². The number of piperazine rings is 1. The molecule has 0 bridgehead atoms. The third-order valence-corrected chi connectivity index (χ3v) is 7.46. The number of aromatic nitrogens is 4. The fraction of sp³-hybridized carbons (Fsp3) is 0.538. The van der Waals surface area contributed by atoms with E-state index in [0.717, 1.165) is 56.1 Å². The summed E-state index contributed by atoms with van der Waals surface area (Å²) in [5, 5.41) is 8.25. The number of carbonyl (C=O) groups is 1. The second kappa shape index (κ2) is 12.0. The zero-order chi connectivity index (χ0) is 24.8. The molecular formula is C26H37N7OS. The van der Waals surface area contributed by atoms with Crippen LogP contribution in [0.2, 0.25) is 0 Å². The van der Waals surface area contributed by atoms with Gasteiger partial charge in [0.25, 0.3) is 5.78 Å². The lowest BCUT2D eigenvalue weighted by Crippen LogP contribution is -2.48. The van der Waals surface area contributed by atoms with Crippen molar-refractivity contribution in [2.75, 3.05) is 51.6 Å². The van der Waals surface area contributed by atoms with Gasteiger partial charge in [0.1, 0.15) is 0 Å². The summed E-state index contributed by atoms with van der Waals surface area (Å²) in [5.74, 6) is 0.896. The van der Waals surface area contributed by atoms with E-state index in [9.17, 15) is 4.79 Å². The Morgan fingerprint density at radius 2 is 1.69 bits per heavy atom. The number of nitrogens with one attached hydrogen (secondary N) is 1. The second-order valence-corrected chi connectivity index (χ2v) is 10.3. The minimum atomic E-state index is 0.0133. The zero-order valence-corrected chi connectivity index (χ0v) is 22.2. The Kier molecular flexibility index (Phi) is 8.75. The first-order chi connectivity index (χ1) is 16.9. The number of hydrogen-bond donors (Lipinski definition) is 1. The molecule has 1 N–H and O–H groups in total. The molecule has 3 heterocycles. The number of rotatable bonds is 10. The number of aryl methyl sites for hydroxylation is 3.